The van der Waals surface area contributed by atoms with Gasteiger partial charge in [0.25, 0.3) is 5.91 Å². The van der Waals surface area contributed by atoms with Crippen LogP contribution in [0, 0.1) is 11.8 Å². The molecule has 1 aliphatic carbocycles. The fraction of sp³-hybridized carbons (Fsp3) is 0.550. The highest BCUT2D eigenvalue weighted by Crippen LogP contribution is 2.37. The predicted octanol–water partition coefficient (Wildman–Crippen LogP) is 0.145. The van der Waals surface area contributed by atoms with Crippen molar-refractivity contribution >= 4 is 17.7 Å². The normalized spacial score (nSPS) is 32.1. The van der Waals surface area contributed by atoms with Crippen LogP contribution in [0.2, 0.25) is 0 Å². The molecule has 5 rings (SSSR count). The number of amides is 3. The van der Waals surface area contributed by atoms with Crippen LogP contribution >= 0.6 is 0 Å². The number of imide groups is 1. The molecule has 2 saturated heterocycles. The summed E-state index contributed by atoms with van der Waals surface area (Å²) in [5.41, 5.74) is 2.71. The van der Waals surface area contributed by atoms with Gasteiger partial charge in [-0.25, -0.2) is 0 Å². The molecule has 3 heterocycles. The third-order valence-electron chi connectivity index (χ3n) is 6.60. The molecule has 1 aromatic rings. The molecule has 3 amide bonds. The second-order valence-electron chi connectivity index (χ2n) is 8.17. The van der Waals surface area contributed by atoms with E-state index < -0.39 is 6.04 Å². The topological polar surface area (TPSA) is 90.5 Å². The number of nitrogens with one attached hydrogen (secondary N) is 3. The van der Waals surface area contributed by atoms with Gasteiger partial charge in [-0.2, -0.15) is 0 Å². The van der Waals surface area contributed by atoms with Crippen LogP contribution in [-0.4, -0.2) is 47.8 Å². The summed E-state index contributed by atoms with van der Waals surface area (Å²) in [6.07, 6.45) is 1.97. The summed E-state index contributed by atoms with van der Waals surface area (Å²) in [4.78, 5) is 38.3. The lowest BCUT2D eigenvalue weighted by Crippen LogP contribution is -2.62. The first-order chi connectivity index (χ1) is 13.1. The van der Waals surface area contributed by atoms with Crippen LogP contribution in [0.1, 0.15) is 40.7 Å². The van der Waals surface area contributed by atoms with Gasteiger partial charge in [0.15, 0.2) is 0 Å². The van der Waals surface area contributed by atoms with E-state index in [-0.39, 0.29) is 24.1 Å². The lowest BCUT2D eigenvalue weighted by atomic mass is 9.67. The maximum absolute atomic E-state index is 13.1. The number of piperidine rings is 3. The summed E-state index contributed by atoms with van der Waals surface area (Å²) in [7, 11) is 0. The van der Waals surface area contributed by atoms with Gasteiger partial charge in [0.05, 0.1) is 0 Å². The van der Waals surface area contributed by atoms with E-state index in [2.05, 4.69) is 16.0 Å². The smallest absolute Gasteiger partial charge is 0.255 e. The average molecular weight is 368 g/mol. The largest absolute Gasteiger partial charge is 0.322 e. The van der Waals surface area contributed by atoms with Gasteiger partial charge in [0.1, 0.15) is 6.04 Å². The van der Waals surface area contributed by atoms with Crippen molar-refractivity contribution < 1.29 is 14.4 Å². The van der Waals surface area contributed by atoms with Crippen molar-refractivity contribution in [1.82, 2.24) is 20.9 Å². The molecule has 0 aromatic heterocycles. The van der Waals surface area contributed by atoms with Crippen molar-refractivity contribution in [3.8, 4) is 0 Å². The van der Waals surface area contributed by atoms with Crippen LogP contribution in [-0.2, 0) is 22.7 Å². The van der Waals surface area contributed by atoms with Crippen molar-refractivity contribution in [2.75, 3.05) is 13.1 Å². The van der Waals surface area contributed by atoms with E-state index in [4.69, 9.17) is 0 Å². The molecule has 0 radical (unpaired) electrons. The van der Waals surface area contributed by atoms with E-state index in [9.17, 15) is 14.4 Å². The van der Waals surface area contributed by atoms with Gasteiger partial charge in [-0.05, 0) is 48.9 Å². The number of fused-ring (bicyclic) bond motifs is 3. The molecule has 7 nitrogen and oxygen atoms in total. The van der Waals surface area contributed by atoms with Crippen LogP contribution in [0.3, 0.4) is 0 Å². The molecule has 1 aromatic carbocycles. The molecule has 3 fully saturated rings. The molecule has 2 bridgehead atoms. The zero-order valence-corrected chi connectivity index (χ0v) is 15.2. The fourth-order valence-corrected chi connectivity index (χ4v) is 5.14. The van der Waals surface area contributed by atoms with Gasteiger partial charge in [0, 0.05) is 31.1 Å². The Morgan fingerprint density at radius 1 is 1.15 bits per heavy atom. The maximum Gasteiger partial charge on any atom is 0.255 e. The minimum atomic E-state index is -0.555. The van der Waals surface area contributed by atoms with E-state index in [1.54, 1.807) is 4.90 Å². The van der Waals surface area contributed by atoms with E-state index in [0.29, 0.717) is 37.4 Å². The number of rotatable bonds is 4. The van der Waals surface area contributed by atoms with Crippen molar-refractivity contribution in [2.24, 2.45) is 11.8 Å². The van der Waals surface area contributed by atoms with Crippen LogP contribution < -0.4 is 16.0 Å². The second kappa shape index (κ2) is 6.42. The van der Waals surface area contributed by atoms with Crippen LogP contribution in [0.15, 0.2) is 18.2 Å². The zero-order valence-electron chi connectivity index (χ0n) is 15.2. The SMILES string of the molecule is O=C1CCC(N2Cc3cccc(CNC4C5CNCC4C5)c3C2=O)C(=O)N1. The Hall–Kier alpha value is -2.25. The molecule has 142 valence electrons. The van der Waals surface area contributed by atoms with E-state index in [1.165, 1.54) is 6.42 Å². The van der Waals surface area contributed by atoms with Crippen molar-refractivity contribution in [3.63, 3.8) is 0 Å². The van der Waals surface area contributed by atoms with Crippen molar-refractivity contribution in [2.45, 2.75) is 44.4 Å². The summed E-state index contributed by atoms with van der Waals surface area (Å²) >= 11 is 0. The molecule has 7 heteroatoms. The molecule has 1 saturated carbocycles. The Labute approximate surface area is 157 Å². The first-order valence-corrected chi connectivity index (χ1v) is 9.81. The van der Waals surface area contributed by atoms with Crippen molar-refractivity contribution in [3.05, 3.63) is 34.9 Å². The third-order valence-corrected chi connectivity index (χ3v) is 6.60. The molecule has 3 N–H and O–H groups in total. The lowest BCUT2D eigenvalue weighted by molar-refractivity contribution is -0.136. The summed E-state index contributed by atoms with van der Waals surface area (Å²) in [6, 6.07) is 5.93. The number of carbonyl (C=O) groups is 3. The highest BCUT2D eigenvalue weighted by atomic mass is 16.2. The van der Waals surface area contributed by atoms with Gasteiger partial charge in [-0.1, -0.05) is 18.2 Å². The van der Waals surface area contributed by atoms with Gasteiger partial charge >= 0.3 is 0 Å². The number of nitrogens with zero attached hydrogens (tertiary/aromatic N) is 1. The highest BCUT2D eigenvalue weighted by Gasteiger charge is 2.44. The molecule has 0 spiro atoms. The Kier molecular flexibility index (Phi) is 4.02. The second-order valence-corrected chi connectivity index (χ2v) is 8.17. The predicted molar refractivity (Wildman–Crippen MR) is 97.6 cm³/mol. The molecule has 4 aliphatic rings. The minimum absolute atomic E-state index is 0.0904. The Bertz CT molecular complexity index is 809. The molecule has 3 aliphatic heterocycles. The molecule has 27 heavy (non-hydrogen) atoms. The summed E-state index contributed by atoms with van der Waals surface area (Å²) < 4.78 is 0. The number of hydrogen-bond acceptors (Lipinski definition) is 5. The third kappa shape index (κ3) is 2.76. The Morgan fingerprint density at radius 3 is 2.70 bits per heavy atom. The number of hydrogen-bond donors (Lipinski definition) is 3. The molecule has 3 unspecified atom stereocenters. The Balaban J connectivity index is 1.32. The van der Waals surface area contributed by atoms with Gasteiger partial charge in [0.2, 0.25) is 11.8 Å². The number of benzene rings is 1. The number of carbonyl (C=O) groups excluding carboxylic acids is 3. The van der Waals surface area contributed by atoms with Crippen LogP contribution in [0.25, 0.3) is 0 Å². The van der Waals surface area contributed by atoms with Crippen LogP contribution in [0.5, 0.6) is 0 Å². The van der Waals surface area contributed by atoms with Crippen LogP contribution in [0.4, 0.5) is 0 Å². The first-order valence-electron chi connectivity index (χ1n) is 9.81. The lowest BCUT2D eigenvalue weighted by Gasteiger charge is -2.50. The zero-order chi connectivity index (χ0) is 18.5. The standard InChI is InChI=1S/C20H24N4O3/c25-16-5-4-15(19(26)23-16)24-10-12-3-1-2-11(17(12)20(24)27)9-22-18-13-6-14(18)8-21-7-13/h1-3,13-15,18,21-22H,4-10H2,(H,23,25,26). The highest BCUT2D eigenvalue weighted by molar-refractivity contribution is 6.05. The maximum atomic E-state index is 13.1. The summed E-state index contributed by atoms with van der Waals surface area (Å²) in [6.45, 7) is 3.26. The monoisotopic (exact) mass is 368 g/mol. The molecule has 3 atom stereocenters. The van der Waals surface area contributed by atoms with Gasteiger partial charge in [-0.15, -0.1) is 0 Å². The van der Waals surface area contributed by atoms with E-state index in [1.807, 2.05) is 18.2 Å². The van der Waals surface area contributed by atoms with Crippen molar-refractivity contribution in [1.29, 1.82) is 0 Å². The molecular weight excluding hydrogens is 344 g/mol. The van der Waals surface area contributed by atoms with E-state index in [0.717, 1.165) is 29.8 Å². The average Bonchev–Trinajstić information content (AvgIpc) is 3.00. The quantitative estimate of drug-likeness (QED) is 0.658. The Morgan fingerprint density at radius 2 is 1.96 bits per heavy atom. The minimum Gasteiger partial charge on any atom is -0.322 e. The summed E-state index contributed by atoms with van der Waals surface area (Å²) in [5.74, 6) is 0.674. The van der Waals surface area contributed by atoms with E-state index >= 15 is 0 Å². The fourth-order valence-electron chi connectivity index (χ4n) is 5.14. The summed E-state index contributed by atoms with van der Waals surface area (Å²) in [5, 5.41) is 9.47. The van der Waals surface area contributed by atoms with Gasteiger partial charge < -0.3 is 15.5 Å². The van der Waals surface area contributed by atoms with Gasteiger partial charge in [-0.3, -0.25) is 19.7 Å². The molecular formula is C20H24N4O3. The first kappa shape index (κ1) is 16.9.